The van der Waals surface area contributed by atoms with Crippen LogP contribution >= 0.6 is 22.6 Å². The first-order valence-corrected chi connectivity index (χ1v) is 3.95. The van der Waals surface area contributed by atoms with Gasteiger partial charge in [-0.3, -0.25) is 0 Å². The van der Waals surface area contributed by atoms with Crippen molar-refractivity contribution in [2.75, 3.05) is 0 Å². The SMILES string of the molecule is Ic1ncccccc[nH]1. The van der Waals surface area contributed by atoms with E-state index in [4.69, 9.17) is 0 Å². The molecule has 3 heteroatoms. The van der Waals surface area contributed by atoms with Gasteiger partial charge in [-0.1, -0.05) is 12.1 Å². The van der Waals surface area contributed by atoms with Crippen molar-refractivity contribution in [2.24, 2.45) is 0 Å². The Morgan fingerprint density at radius 2 is 2.00 bits per heavy atom. The van der Waals surface area contributed by atoms with Gasteiger partial charge in [-0.15, -0.1) is 0 Å². The third-order valence-corrected chi connectivity index (χ3v) is 1.50. The fourth-order valence-electron chi connectivity index (χ4n) is 0.496. The number of nitrogens with one attached hydrogen (secondary N) is 1. The minimum absolute atomic E-state index is 0.869. The van der Waals surface area contributed by atoms with Crippen LogP contribution in [0.5, 0.6) is 0 Å². The molecule has 0 aromatic carbocycles. The lowest BCUT2D eigenvalue weighted by Gasteiger charge is -1.77. The van der Waals surface area contributed by atoms with E-state index < -0.39 is 0 Å². The molecule has 0 spiro atoms. The molecule has 1 rings (SSSR count). The summed E-state index contributed by atoms with van der Waals surface area (Å²) in [6.07, 6.45) is 3.59. The summed E-state index contributed by atoms with van der Waals surface area (Å²) in [5.41, 5.74) is 0. The molecule has 52 valence electrons. The van der Waals surface area contributed by atoms with E-state index in [-0.39, 0.29) is 0 Å². The number of hydrogen-bond donors (Lipinski definition) is 1. The van der Waals surface area contributed by atoms with Crippen molar-refractivity contribution in [1.82, 2.24) is 9.97 Å². The first kappa shape index (κ1) is 7.53. The molecule has 1 N–H and O–H groups in total. The molecule has 0 saturated heterocycles. The zero-order valence-electron chi connectivity index (χ0n) is 5.29. The molecular weight excluding hydrogens is 239 g/mol. The van der Waals surface area contributed by atoms with Gasteiger partial charge in [0.05, 0.1) is 0 Å². The zero-order valence-corrected chi connectivity index (χ0v) is 7.45. The Hall–Kier alpha value is -0.580. The maximum atomic E-state index is 4.05. The summed E-state index contributed by atoms with van der Waals surface area (Å²) in [4.78, 5) is 7.03. The summed E-state index contributed by atoms with van der Waals surface area (Å²) < 4.78 is 0.869. The third-order valence-electron chi connectivity index (χ3n) is 0.906. The van der Waals surface area contributed by atoms with Gasteiger partial charge in [-0.2, -0.15) is 0 Å². The Kier molecular flexibility index (Phi) is 3.21. The molecule has 1 aromatic heterocycles. The zero-order chi connectivity index (χ0) is 7.23. The second-order valence-corrected chi connectivity index (χ2v) is 2.67. The highest BCUT2D eigenvalue weighted by molar-refractivity contribution is 14.1. The van der Waals surface area contributed by atoms with Crippen LogP contribution in [0, 0.1) is 3.83 Å². The molecule has 10 heavy (non-hydrogen) atoms. The number of aromatic amines is 1. The molecule has 0 bridgehead atoms. The van der Waals surface area contributed by atoms with E-state index in [0.29, 0.717) is 0 Å². The van der Waals surface area contributed by atoms with Gasteiger partial charge in [-0.05, 0) is 34.7 Å². The second kappa shape index (κ2) is 4.27. The van der Waals surface area contributed by atoms with Gasteiger partial charge in [0.25, 0.3) is 0 Å². The van der Waals surface area contributed by atoms with Crippen LogP contribution in [0.4, 0.5) is 0 Å². The van der Waals surface area contributed by atoms with Crippen molar-refractivity contribution in [3.63, 3.8) is 0 Å². The van der Waals surface area contributed by atoms with Crippen molar-refractivity contribution in [3.8, 4) is 0 Å². The highest BCUT2D eigenvalue weighted by atomic mass is 127. The van der Waals surface area contributed by atoms with Gasteiger partial charge in [0, 0.05) is 12.4 Å². The van der Waals surface area contributed by atoms with Gasteiger partial charge in [0.15, 0.2) is 3.83 Å². The molecule has 0 atom stereocenters. The van der Waals surface area contributed by atoms with Gasteiger partial charge in [-0.25, -0.2) is 4.98 Å². The van der Waals surface area contributed by atoms with Gasteiger partial charge >= 0.3 is 0 Å². The van der Waals surface area contributed by atoms with E-state index in [2.05, 4.69) is 32.6 Å². The number of rotatable bonds is 0. The lowest BCUT2D eigenvalue weighted by Crippen LogP contribution is -1.74. The Morgan fingerprint density at radius 1 is 1.20 bits per heavy atom. The highest BCUT2D eigenvalue weighted by Crippen LogP contribution is 1.88. The first-order chi connectivity index (χ1) is 4.89. The second-order valence-electron chi connectivity index (χ2n) is 1.65. The molecule has 0 radical (unpaired) electrons. The van der Waals surface area contributed by atoms with Crippen molar-refractivity contribution in [3.05, 3.63) is 40.5 Å². The van der Waals surface area contributed by atoms with Crippen molar-refractivity contribution in [1.29, 1.82) is 0 Å². The van der Waals surface area contributed by atoms with Crippen LogP contribution in [-0.4, -0.2) is 9.97 Å². The minimum atomic E-state index is 0.869. The fourth-order valence-corrected chi connectivity index (χ4v) is 0.837. The Labute approximate surface area is 73.2 Å². The molecule has 1 aromatic rings. The van der Waals surface area contributed by atoms with E-state index in [1.807, 2.05) is 30.5 Å². The number of H-pyrrole nitrogens is 1. The molecule has 0 fully saturated rings. The van der Waals surface area contributed by atoms with Crippen molar-refractivity contribution >= 4 is 22.6 Å². The smallest absolute Gasteiger partial charge is 0.168 e. The summed E-state index contributed by atoms with van der Waals surface area (Å²) in [6.45, 7) is 0. The van der Waals surface area contributed by atoms with Crippen molar-refractivity contribution in [2.45, 2.75) is 0 Å². The Morgan fingerprint density at radius 3 is 2.90 bits per heavy atom. The standard InChI is InChI=1S/C7H7IN2/c8-7-9-5-3-1-2-4-6-10-7/h1-6H,(H,9,10). The molecule has 2 nitrogen and oxygen atoms in total. The minimum Gasteiger partial charge on any atom is -0.342 e. The van der Waals surface area contributed by atoms with E-state index >= 15 is 0 Å². The summed E-state index contributed by atoms with van der Waals surface area (Å²) in [6, 6.07) is 7.67. The summed E-state index contributed by atoms with van der Waals surface area (Å²) in [7, 11) is 0. The van der Waals surface area contributed by atoms with Crippen LogP contribution in [-0.2, 0) is 0 Å². The Bertz CT molecular complexity index is 219. The number of halogens is 1. The van der Waals surface area contributed by atoms with Crippen LogP contribution < -0.4 is 0 Å². The first-order valence-electron chi connectivity index (χ1n) is 2.88. The van der Waals surface area contributed by atoms with Gasteiger partial charge in [0.2, 0.25) is 0 Å². The monoisotopic (exact) mass is 246 g/mol. The fraction of sp³-hybridized carbons (Fsp3) is 0. The largest absolute Gasteiger partial charge is 0.342 e. The lowest BCUT2D eigenvalue weighted by atomic mass is 10.5. The molecule has 0 aliphatic rings. The average molecular weight is 246 g/mol. The Balaban J connectivity index is 3.13. The quantitative estimate of drug-likeness (QED) is 0.698. The van der Waals surface area contributed by atoms with Crippen LogP contribution in [0.25, 0.3) is 0 Å². The van der Waals surface area contributed by atoms with E-state index in [1.165, 1.54) is 0 Å². The highest BCUT2D eigenvalue weighted by Gasteiger charge is 1.72. The predicted molar refractivity (Wildman–Crippen MR) is 48.9 cm³/mol. The molecule has 0 saturated carbocycles. The van der Waals surface area contributed by atoms with Crippen LogP contribution in [0.3, 0.4) is 0 Å². The molecular formula is C7H7IN2. The van der Waals surface area contributed by atoms with Crippen molar-refractivity contribution < 1.29 is 0 Å². The molecule has 0 amide bonds. The summed E-state index contributed by atoms with van der Waals surface area (Å²) in [5, 5.41) is 0. The maximum Gasteiger partial charge on any atom is 0.168 e. The molecule has 0 aliphatic carbocycles. The average Bonchev–Trinajstić information content (AvgIpc) is 2.02. The van der Waals surface area contributed by atoms with E-state index in [1.54, 1.807) is 6.20 Å². The topological polar surface area (TPSA) is 28.7 Å². The number of aromatic nitrogens is 2. The predicted octanol–water partition coefficient (Wildman–Crippen LogP) is 2.14. The van der Waals surface area contributed by atoms with Crippen LogP contribution in [0.2, 0.25) is 0 Å². The lowest BCUT2D eigenvalue weighted by molar-refractivity contribution is 1.14. The number of nitrogens with zero attached hydrogens (tertiary/aromatic N) is 1. The molecule has 0 unspecified atom stereocenters. The normalized spacial score (nSPS) is 8.50. The molecule has 0 aliphatic heterocycles. The maximum absolute atomic E-state index is 4.05. The van der Waals surface area contributed by atoms with Gasteiger partial charge < -0.3 is 4.98 Å². The van der Waals surface area contributed by atoms with Crippen LogP contribution in [0.15, 0.2) is 36.7 Å². The summed E-state index contributed by atoms with van der Waals surface area (Å²) in [5.74, 6) is 0. The van der Waals surface area contributed by atoms with Crippen LogP contribution in [0.1, 0.15) is 0 Å². The van der Waals surface area contributed by atoms with E-state index in [9.17, 15) is 0 Å². The van der Waals surface area contributed by atoms with E-state index in [0.717, 1.165) is 3.83 Å². The molecule has 1 heterocycles. The number of hydrogen-bond acceptors (Lipinski definition) is 1. The summed E-state index contributed by atoms with van der Waals surface area (Å²) >= 11 is 2.12. The van der Waals surface area contributed by atoms with Gasteiger partial charge in [0.1, 0.15) is 0 Å². The third kappa shape index (κ3) is 2.82.